The molecule has 1 heterocycles. The van der Waals surface area contributed by atoms with Crippen molar-refractivity contribution >= 4 is 10.9 Å². The zero-order valence-corrected chi connectivity index (χ0v) is 14.1. The summed E-state index contributed by atoms with van der Waals surface area (Å²) in [6.45, 7) is 0. The summed E-state index contributed by atoms with van der Waals surface area (Å²) in [4.78, 5) is 4.59. The van der Waals surface area contributed by atoms with Crippen molar-refractivity contribution in [2.45, 2.75) is 0 Å². The minimum Gasteiger partial charge on any atom is -0.493 e. The molecule has 124 valence electrons. The summed E-state index contributed by atoms with van der Waals surface area (Å²) in [5.74, 6) is 2.27. The van der Waals surface area contributed by atoms with Crippen molar-refractivity contribution in [1.29, 1.82) is 0 Å². The lowest BCUT2D eigenvalue weighted by Gasteiger charge is -2.15. The van der Waals surface area contributed by atoms with Gasteiger partial charge in [0, 0.05) is 10.9 Å². The van der Waals surface area contributed by atoms with E-state index in [4.69, 9.17) is 18.9 Å². The van der Waals surface area contributed by atoms with Crippen LogP contribution in [-0.4, -0.2) is 33.4 Å². The van der Waals surface area contributed by atoms with E-state index in [0.717, 1.165) is 22.0 Å². The Morgan fingerprint density at radius 1 is 0.750 bits per heavy atom. The minimum atomic E-state index is 0.544. The van der Waals surface area contributed by atoms with E-state index in [0.29, 0.717) is 23.1 Å². The largest absolute Gasteiger partial charge is 0.493 e. The molecule has 1 aromatic heterocycles. The molecule has 2 aromatic carbocycles. The van der Waals surface area contributed by atoms with Gasteiger partial charge in [-0.2, -0.15) is 0 Å². The molecule has 5 heteroatoms. The molecular formula is C19H19NO4. The van der Waals surface area contributed by atoms with Gasteiger partial charge in [0.15, 0.2) is 11.5 Å². The number of pyridine rings is 1. The lowest BCUT2D eigenvalue weighted by Crippen LogP contribution is -1.97. The minimum absolute atomic E-state index is 0.544. The maximum Gasteiger partial charge on any atom is 0.221 e. The van der Waals surface area contributed by atoms with Crippen LogP contribution in [0.3, 0.4) is 0 Å². The lowest BCUT2D eigenvalue weighted by atomic mass is 10.0. The molecule has 24 heavy (non-hydrogen) atoms. The smallest absolute Gasteiger partial charge is 0.221 e. The Bertz CT molecular complexity index is 851. The van der Waals surface area contributed by atoms with Gasteiger partial charge >= 0.3 is 0 Å². The Morgan fingerprint density at radius 2 is 1.42 bits per heavy atom. The molecule has 0 saturated heterocycles. The highest BCUT2D eigenvalue weighted by Gasteiger charge is 2.17. The first-order valence-electron chi connectivity index (χ1n) is 7.46. The number of fused-ring (bicyclic) bond motifs is 1. The molecule has 3 rings (SSSR count). The van der Waals surface area contributed by atoms with Crippen LogP contribution >= 0.6 is 0 Å². The number of methoxy groups -OCH3 is 4. The molecule has 0 amide bonds. The van der Waals surface area contributed by atoms with Gasteiger partial charge < -0.3 is 18.9 Å². The normalized spacial score (nSPS) is 10.5. The summed E-state index contributed by atoms with van der Waals surface area (Å²) in [6, 6.07) is 13.7. The Balaban J connectivity index is 2.26. The number of ether oxygens (including phenoxy) is 4. The molecule has 0 bridgehead atoms. The van der Waals surface area contributed by atoms with Crippen molar-refractivity contribution in [3.8, 4) is 34.3 Å². The molecule has 0 fully saturated rings. The van der Waals surface area contributed by atoms with Crippen LogP contribution in [0.15, 0.2) is 42.5 Å². The number of para-hydroxylation sites is 1. The van der Waals surface area contributed by atoms with Crippen LogP contribution in [-0.2, 0) is 0 Å². The molecule has 0 radical (unpaired) electrons. The van der Waals surface area contributed by atoms with E-state index >= 15 is 0 Å². The summed E-state index contributed by atoms with van der Waals surface area (Å²) in [6.07, 6.45) is 0. The fourth-order valence-electron chi connectivity index (χ4n) is 2.70. The predicted molar refractivity (Wildman–Crippen MR) is 93.4 cm³/mol. The van der Waals surface area contributed by atoms with E-state index in [-0.39, 0.29) is 0 Å². The second-order valence-electron chi connectivity index (χ2n) is 5.15. The second kappa shape index (κ2) is 6.66. The quantitative estimate of drug-likeness (QED) is 0.711. The molecule has 0 unspecified atom stereocenters. The molecule has 3 aromatic rings. The maximum absolute atomic E-state index is 5.49. The van der Waals surface area contributed by atoms with Crippen LogP contribution in [0.4, 0.5) is 0 Å². The van der Waals surface area contributed by atoms with Crippen molar-refractivity contribution < 1.29 is 18.9 Å². The first-order chi connectivity index (χ1) is 11.7. The zero-order chi connectivity index (χ0) is 17.1. The molecule has 0 spiro atoms. The maximum atomic E-state index is 5.49. The van der Waals surface area contributed by atoms with E-state index in [1.54, 1.807) is 28.4 Å². The standard InChI is InChI=1S/C19H19NO4/c1-21-16-10-13(11-17(22-2)18(16)23-3)14-9-12-7-5-6-8-15(12)20-19(14)24-4/h5-11H,1-4H3. The highest BCUT2D eigenvalue weighted by atomic mass is 16.5. The fourth-order valence-corrected chi connectivity index (χ4v) is 2.70. The average Bonchev–Trinajstić information content (AvgIpc) is 2.65. The summed E-state index contributed by atoms with van der Waals surface area (Å²) < 4.78 is 21.7. The summed E-state index contributed by atoms with van der Waals surface area (Å²) in [7, 11) is 6.38. The molecule has 5 nitrogen and oxygen atoms in total. The number of aromatic nitrogens is 1. The van der Waals surface area contributed by atoms with E-state index in [2.05, 4.69) is 4.98 Å². The number of rotatable bonds is 5. The monoisotopic (exact) mass is 325 g/mol. The Morgan fingerprint density at radius 3 is 2.00 bits per heavy atom. The first-order valence-corrected chi connectivity index (χ1v) is 7.46. The van der Waals surface area contributed by atoms with Gasteiger partial charge in [0.1, 0.15) is 0 Å². The van der Waals surface area contributed by atoms with Gasteiger partial charge in [-0.1, -0.05) is 18.2 Å². The zero-order valence-electron chi connectivity index (χ0n) is 14.1. The van der Waals surface area contributed by atoms with Gasteiger partial charge in [-0.15, -0.1) is 0 Å². The van der Waals surface area contributed by atoms with Crippen LogP contribution in [0, 0.1) is 0 Å². The highest BCUT2D eigenvalue weighted by Crippen LogP contribution is 2.43. The van der Waals surface area contributed by atoms with Crippen molar-refractivity contribution in [1.82, 2.24) is 4.98 Å². The fraction of sp³-hybridized carbons (Fsp3) is 0.211. The van der Waals surface area contributed by atoms with Crippen LogP contribution in [0.2, 0.25) is 0 Å². The van der Waals surface area contributed by atoms with Crippen molar-refractivity contribution in [2.75, 3.05) is 28.4 Å². The van der Waals surface area contributed by atoms with Gasteiger partial charge in [-0.05, 0) is 29.8 Å². The van der Waals surface area contributed by atoms with Crippen molar-refractivity contribution in [3.05, 3.63) is 42.5 Å². The lowest BCUT2D eigenvalue weighted by molar-refractivity contribution is 0.324. The topological polar surface area (TPSA) is 49.8 Å². The predicted octanol–water partition coefficient (Wildman–Crippen LogP) is 3.94. The highest BCUT2D eigenvalue weighted by molar-refractivity contribution is 5.87. The molecule has 0 N–H and O–H groups in total. The second-order valence-corrected chi connectivity index (χ2v) is 5.15. The van der Waals surface area contributed by atoms with Crippen LogP contribution < -0.4 is 18.9 Å². The van der Waals surface area contributed by atoms with Gasteiger partial charge in [-0.3, -0.25) is 0 Å². The number of hydrogen-bond acceptors (Lipinski definition) is 5. The average molecular weight is 325 g/mol. The van der Waals surface area contributed by atoms with E-state index in [1.165, 1.54) is 0 Å². The molecular weight excluding hydrogens is 306 g/mol. The first kappa shape index (κ1) is 15.9. The van der Waals surface area contributed by atoms with Crippen LogP contribution in [0.1, 0.15) is 0 Å². The molecule has 0 aliphatic heterocycles. The van der Waals surface area contributed by atoms with Crippen LogP contribution in [0.5, 0.6) is 23.1 Å². The number of benzene rings is 2. The van der Waals surface area contributed by atoms with Crippen LogP contribution in [0.25, 0.3) is 22.0 Å². The molecule has 0 aliphatic rings. The van der Waals surface area contributed by atoms with Gasteiger partial charge in [0.2, 0.25) is 11.6 Å². The van der Waals surface area contributed by atoms with Crippen molar-refractivity contribution in [2.24, 2.45) is 0 Å². The third-order valence-corrected chi connectivity index (χ3v) is 3.86. The van der Waals surface area contributed by atoms with Crippen molar-refractivity contribution in [3.63, 3.8) is 0 Å². The van der Waals surface area contributed by atoms with E-state index in [9.17, 15) is 0 Å². The molecule has 0 aliphatic carbocycles. The SMILES string of the molecule is COc1cc(-c2cc3ccccc3nc2OC)cc(OC)c1OC. The molecule has 0 saturated carbocycles. The summed E-state index contributed by atoms with van der Waals surface area (Å²) >= 11 is 0. The van der Waals surface area contributed by atoms with E-state index < -0.39 is 0 Å². The summed E-state index contributed by atoms with van der Waals surface area (Å²) in [5, 5.41) is 1.03. The molecule has 0 atom stereocenters. The van der Waals surface area contributed by atoms with Gasteiger partial charge in [0.25, 0.3) is 0 Å². The third kappa shape index (κ3) is 2.69. The Kier molecular flexibility index (Phi) is 4.42. The summed E-state index contributed by atoms with van der Waals surface area (Å²) in [5.41, 5.74) is 2.61. The Labute approximate surface area is 140 Å². The van der Waals surface area contributed by atoms with E-state index in [1.807, 2.05) is 42.5 Å². The Hall–Kier alpha value is -2.95. The number of nitrogens with zero attached hydrogens (tertiary/aromatic N) is 1. The third-order valence-electron chi connectivity index (χ3n) is 3.86. The van der Waals surface area contributed by atoms with Gasteiger partial charge in [-0.25, -0.2) is 4.98 Å². The number of hydrogen-bond donors (Lipinski definition) is 0. The van der Waals surface area contributed by atoms with Gasteiger partial charge in [0.05, 0.1) is 34.0 Å².